The summed E-state index contributed by atoms with van der Waals surface area (Å²) in [4.78, 5) is 5.30. The zero-order valence-corrected chi connectivity index (χ0v) is 11.2. The first kappa shape index (κ1) is 15.7. The molecule has 1 aliphatic heterocycles. The number of nitrogens with zero attached hydrogens (tertiary/aromatic N) is 2. The van der Waals surface area contributed by atoms with Crippen LogP contribution >= 0.6 is 23.7 Å². The number of hydrogen-bond donors (Lipinski definition) is 1. The van der Waals surface area contributed by atoms with Crippen LogP contribution in [0.25, 0.3) is 0 Å². The Morgan fingerprint density at radius 2 is 2.00 bits per heavy atom. The number of likely N-dealkylation sites (tertiary alicyclic amines) is 1. The van der Waals surface area contributed by atoms with Gasteiger partial charge in [0.25, 0.3) is 0 Å². The van der Waals surface area contributed by atoms with Crippen molar-refractivity contribution in [1.29, 1.82) is 0 Å². The summed E-state index contributed by atoms with van der Waals surface area (Å²) in [5.74, 6) is 0. The average Bonchev–Trinajstić information content (AvgIpc) is 2.69. The Morgan fingerprint density at radius 3 is 2.50 bits per heavy atom. The summed E-state index contributed by atoms with van der Waals surface area (Å²) in [5, 5.41) is 0.521. The molecule has 8 heteroatoms. The van der Waals surface area contributed by atoms with Crippen molar-refractivity contribution in [2.75, 3.05) is 13.1 Å². The third-order valence-electron chi connectivity index (χ3n) is 2.82. The first-order valence-electron chi connectivity index (χ1n) is 5.45. The number of rotatable bonds is 2. The quantitative estimate of drug-likeness (QED) is 0.912. The lowest BCUT2D eigenvalue weighted by Crippen LogP contribution is -2.39. The van der Waals surface area contributed by atoms with Gasteiger partial charge in [-0.15, -0.1) is 23.7 Å². The monoisotopic (exact) mass is 301 g/mol. The van der Waals surface area contributed by atoms with E-state index in [1.807, 2.05) is 0 Å². The third kappa shape index (κ3) is 4.08. The predicted octanol–water partition coefficient (Wildman–Crippen LogP) is 2.51. The highest BCUT2D eigenvalue weighted by molar-refractivity contribution is 7.11. The van der Waals surface area contributed by atoms with Gasteiger partial charge < -0.3 is 5.73 Å². The lowest BCUT2D eigenvalue weighted by molar-refractivity contribution is -0.134. The van der Waals surface area contributed by atoms with Gasteiger partial charge >= 0.3 is 6.18 Å². The van der Waals surface area contributed by atoms with E-state index in [9.17, 15) is 13.2 Å². The van der Waals surface area contributed by atoms with Gasteiger partial charge in [-0.05, 0) is 12.8 Å². The number of thiazole rings is 1. The molecule has 0 aromatic carbocycles. The van der Waals surface area contributed by atoms with Crippen LogP contribution < -0.4 is 5.73 Å². The second-order valence-electron chi connectivity index (χ2n) is 4.23. The minimum atomic E-state index is -4.28. The molecule has 2 rings (SSSR count). The van der Waals surface area contributed by atoms with Crippen LogP contribution in [0, 0.1) is 0 Å². The van der Waals surface area contributed by atoms with Gasteiger partial charge in [0.2, 0.25) is 0 Å². The molecular formula is C10H15ClF3N3S. The molecule has 1 aromatic heterocycles. The van der Waals surface area contributed by atoms with E-state index in [2.05, 4.69) is 9.88 Å². The summed E-state index contributed by atoms with van der Waals surface area (Å²) in [6.45, 7) is 2.16. The van der Waals surface area contributed by atoms with Gasteiger partial charge in [0.05, 0.1) is 12.7 Å². The maximum atomic E-state index is 12.4. The fraction of sp³-hybridized carbons (Fsp3) is 0.700. The van der Waals surface area contributed by atoms with Crippen molar-refractivity contribution in [1.82, 2.24) is 9.88 Å². The van der Waals surface area contributed by atoms with Gasteiger partial charge in [-0.3, -0.25) is 4.90 Å². The maximum Gasteiger partial charge on any atom is 0.427 e. The molecule has 0 radical (unpaired) electrons. The fourth-order valence-electron chi connectivity index (χ4n) is 1.82. The second-order valence-corrected chi connectivity index (χ2v) is 5.34. The Kier molecular flexibility index (Phi) is 5.39. The Bertz CT molecular complexity index is 375. The molecule has 0 spiro atoms. The van der Waals surface area contributed by atoms with E-state index in [-0.39, 0.29) is 18.4 Å². The number of nitrogens with two attached hydrogens (primary N) is 1. The van der Waals surface area contributed by atoms with E-state index in [1.165, 1.54) is 0 Å². The largest absolute Gasteiger partial charge is 0.427 e. The van der Waals surface area contributed by atoms with Crippen LogP contribution in [0.1, 0.15) is 22.7 Å². The number of hydrogen-bond acceptors (Lipinski definition) is 4. The highest BCUT2D eigenvalue weighted by Crippen LogP contribution is 2.33. The van der Waals surface area contributed by atoms with Crippen LogP contribution in [0.5, 0.6) is 0 Å². The van der Waals surface area contributed by atoms with Crippen molar-refractivity contribution in [2.24, 2.45) is 5.73 Å². The lowest BCUT2D eigenvalue weighted by Gasteiger charge is -2.29. The van der Waals surface area contributed by atoms with Gasteiger partial charge in [0.15, 0.2) is 0 Å². The van der Waals surface area contributed by atoms with Gasteiger partial charge in [-0.2, -0.15) is 13.2 Å². The molecule has 0 aliphatic carbocycles. The normalized spacial score (nSPS) is 18.7. The zero-order chi connectivity index (χ0) is 12.5. The minimum Gasteiger partial charge on any atom is -0.328 e. The molecule has 0 saturated carbocycles. The SMILES string of the molecule is Cl.NC1CCN(Cc2ncc(C(F)(F)F)s2)CC1. The first-order chi connectivity index (χ1) is 7.95. The molecule has 1 fully saturated rings. The molecule has 2 N–H and O–H groups in total. The molecule has 3 nitrogen and oxygen atoms in total. The second kappa shape index (κ2) is 6.18. The summed E-state index contributed by atoms with van der Waals surface area (Å²) in [7, 11) is 0. The Labute approximate surface area is 114 Å². The standard InChI is InChI=1S/C10H14F3N3S.ClH/c11-10(12,13)8-5-15-9(17-8)6-16-3-1-7(14)2-4-16;/h5,7H,1-4,6,14H2;1H. The van der Waals surface area contributed by atoms with E-state index in [0.29, 0.717) is 11.6 Å². The molecule has 18 heavy (non-hydrogen) atoms. The molecule has 1 aromatic rings. The van der Waals surface area contributed by atoms with Gasteiger partial charge in [-0.1, -0.05) is 0 Å². The van der Waals surface area contributed by atoms with Crippen molar-refractivity contribution in [3.63, 3.8) is 0 Å². The van der Waals surface area contributed by atoms with E-state index in [4.69, 9.17) is 5.73 Å². The summed E-state index contributed by atoms with van der Waals surface area (Å²) in [5.41, 5.74) is 5.76. The van der Waals surface area contributed by atoms with Crippen molar-refractivity contribution >= 4 is 23.7 Å². The van der Waals surface area contributed by atoms with E-state index >= 15 is 0 Å². The van der Waals surface area contributed by atoms with E-state index in [1.54, 1.807) is 0 Å². The number of alkyl halides is 3. The van der Waals surface area contributed by atoms with Crippen LogP contribution in [0.15, 0.2) is 6.20 Å². The summed E-state index contributed by atoms with van der Waals surface area (Å²) in [6.07, 6.45) is -1.56. The maximum absolute atomic E-state index is 12.4. The Hall–Kier alpha value is -0.370. The van der Waals surface area contributed by atoms with Crippen molar-refractivity contribution in [2.45, 2.75) is 31.6 Å². The highest BCUT2D eigenvalue weighted by Gasteiger charge is 2.33. The smallest absolute Gasteiger partial charge is 0.328 e. The van der Waals surface area contributed by atoms with Crippen LogP contribution in [0.3, 0.4) is 0 Å². The third-order valence-corrected chi connectivity index (χ3v) is 3.85. The van der Waals surface area contributed by atoms with Crippen molar-refractivity contribution in [3.8, 4) is 0 Å². The van der Waals surface area contributed by atoms with Gasteiger partial charge in [0.1, 0.15) is 9.88 Å². The fourth-order valence-corrected chi connectivity index (χ4v) is 2.64. The van der Waals surface area contributed by atoms with Crippen molar-refractivity contribution < 1.29 is 13.2 Å². The van der Waals surface area contributed by atoms with Crippen LogP contribution in [0.2, 0.25) is 0 Å². The molecule has 2 heterocycles. The molecule has 0 unspecified atom stereocenters. The molecule has 0 bridgehead atoms. The Balaban J connectivity index is 0.00000162. The summed E-state index contributed by atoms with van der Waals surface area (Å²) < 4.78 is 37.1. The lowest BCUT2D eigenvalue weighted by atomic mass is 10.1. The number of piperidine rings is 1. The minimum absolute atomic E-state index is 0. The van der Waals surface area contributed by atoms with Gasteiger partial charge in [0, 0.05) is 19.1 Å². The average molecular weight is 302 g/mol. The highest BCUT2D eigenvalue weighted by atomic mass is 35.5. The summed E-state index contributed by atoms with van der Waals surface area (Å²) >= 11 is 0.725. The molecule has 104 valence electrons. The summed E-state index contributed by atoms with van der Waals surface area (Å²) in [6, 6.07) is 0.230. The molecule has 1 saturated heterocycles. The van der Waals surface area contributed by atoms with Gasteiger partial charge in [-0.25, -0.2) is 4.98 Å². The molecule has 0 atom stereocenters. The number of aromatic nitrogens is 1. The molecular weight excluding hydrogens is 287 g/mol. The predicted molar refractivity (Wildman–Crippen MR) is 66.9 cm³/mol. The van der Waals surface area contributed by atoms with E-state index < -0.39 is 11.1 Å². The van der Waals surface area contributed by atoms with Crippen LogP contribution in [0.4, 0.5) is 13.2 Å². The van der Waals surface area contributed by atoms with Crippen LogP contribution in [-0.2, 0) is 12.7 Å². The van der Waals surface area contributed by atoms with Crippen LogP contribution in [-0.4, -0.2) is 29.0 Å². The Morgan fingerprint density at radius 1 is 1.39 bits per heavy atom. The molecule has 1 aliphatic rings. The number of halogens is 4. The zero-order valence-electron chi connectivity index (χ0n) is 9.61. The van der Waals surface area contributed by atoms with Crippen molar-refractivity contribution in [3.05, 3.63) is 16.1 Å². The molecule has 0 amide bonds. The first-order valence-corrected chi connectivity index (χ1v) is 6.26. The van der Waals surface area contributed by atoms with E-state index in [0.717, 1.165) is 43.5 Å². The topological polar surface area (TPSA) is 42.1 Å².